The van der Waals surface area contributed by atoms with Crippen molar-refractivity contribution in [3.63, 3.8) is 0 Å². The molecule has 0 heterocycles. The Morgan fingerprint density at radius 1 is 1.31 bits per heavy atom. The van der Waals surface area contributed by atoms with Crippen LogP contribution in [-0.2, 0) is 4.79 Å². The number of nitrogens with two attached hydrogens (primary N) is 1. The van der Waals surface area contributed by atoms with Gasteiger partial charge in [0, 0.05) is 25.6 Å². The van der Waals surface area contributed by atoms with Crippen molar-refractivity contribution < 1.29 is 4.79 Å². The molecule has 0 aromatic carbocycles. The number of carbonyl (C=O) groups excluding carboxylic acids is 1. The largest absolute Gasteiger partial charge is 0.345 e. The minimum absolute atomic E-state index is 0.172. The third kappa shape index (κ3) is 6.11. The maximum atomic E-state index is 12.1. The van der Waals surface area contributed by atoms with E-state index in [1.54, 1.807) is 0 Å². The first-order valence-electron chi connectivity index (χ1n) is 6.53. The molecule has 3 heteroatoms. The van der Waals surface area contributed by atoms with Crippen LogP contribution in [0.1, 0.15) is 52.9 Å². The lowest BCUT2D eigenvalue weighted by atomic mass is 9.98. The molecule has 1 amide bonds. The molecule has 0 spiro atoms. The minimum atomic E-state index is 0.172. The number of carbonyl (C=O) groups is 1. The van der Waals surface area contributed by atoms with Gasteiger partial charge in [-0.15, -0.1) is 0 Å². The highest BCUT2D eigenvalue weighted by molar-refractivity contribution is 5.78. The predicted octanol–water partition coefficient (Wildman–Crippen LogP) is 2.40. The Kier molecular flexibility index (Phi) is 8.26. The van der Waals surface area contributed by atoms with Gasteiger partial charge in [0.05, 0.1) is 0 Å². The SMILES string of the molecule is CCCCC(CC)C(=O)N(C)CCC(C)N. The van der Waals surface area contributed by atoms with Gasteiger partial charge in [0.1, 0.15) is 0 Å². The van der Waals surface area contributed by atoms with Gasteiger partial charge in [-0.1, -0.05) is 26.7 Å². The molecule has 0 fully saturated rings. The summed E-state index contributed by atoms with van der Waals surface area (Å²) in [5, 5.41) is 0. The van der Waals surface area contributed by atoms with Crippen molar-refractivity contribution in [2.45, 2.75) is 58.9 Å². The van der Waals surface area contributed by atoms with Crippen LogP contribution in [0.4, 0.5) is 0 Å². The molecule has 0 bridgehead atoms. The Morgan fingerprint density at radius 2 is 1.94 bits per heavy atom. The molecule has 0 aliphatic rings. The van der Waals surface area contributed by atoms with Crippen LogP contribution in [0.15, 0.2) is 0 Å². The molecule has 0 saturated carbocycles. The summed E-state index contributed by atoms with van der Waals surface area (Å²) < 4.78 is 0. The Balaban J connectivity index is 4.05. The van der Waals surface area contributed by atoms with Crippen molar-refractivity contribution in [3.05, 3.63) is 0 Å². The fourth-order valence-corrected chi connectivity index (χ4v) is 1.77. The van der Waals surface area contributed by atoms with Crippen LogP contribution in [0.3, 0.4) is 0 Å². The monoisotopic (exact) mass is 228 g/mol. The number of rotatable bonds is 8. The van der Waals surface area contributed by atoms with E-state index < -0.39 is 0 Å². The zero-order valence-corrected chi connectivity index (χ0v) is 11.3. The first-order valence-corrected chi connectivity index (χ1v) is 6.53. The van der Waals surface area contributed by atoms with Gasteiger partial charge in [0.25, 0.3) is 0 Å². The zero-order valence-electron chi connectivity index (χ0n) is 11.3. The van der Waals surface area contributed by atoms with Crippen LogP contribution in [0.5, 0.6) is 0 Å². The predicted molar refractivity (Wildman–Crippen MR) is 69.2 cm³/mol. The average molecular weight is 228 g/mol. The van der Waals surface area contributed by atoms with Crippen LogP contribution < -0.4 is 5.73 Å². The number of amides is 1. The summed E-state index contributed by atoms with van der Waals surface area (Å²) in [6.45, 7) is 7.01. The highest BCUT2D eigenvalue weighted by atomic mass is 16.2. The summed E-state index contributed by atoms with van der Waals surface area (Å²) in [5.41, 5.74) is 5.69. The van der Waals surface area contributed by atoms with Crippen LogP contribution in [0.2, 0.25) is 0 Å². The Bertz CT molecular complexity index is 192. The number of hydrogen-bond donors (Lipinski definition) is 1. The summed E-state index contributed by atoms with van der Waals surface area (Å²) in [4.78, 5) is 13.9. The highest BCUT2D eigenvalue weighted by Crippen LogP contribution is 2.15. The normalized spacial score (nSPS) is 14.6. The maximum absolute atomic E-state index is 12.1. The van der Waals surface area contributed by atoms with E-state index in [4.69, 9.17) is 5.73 Å². The molecule has 0 rings (SSSR count). The summed E-state index contributed by atoms with van der Waals surface area (Å²) in [6, 6.07) is 0.172. The molecule has 0 saturated heterocycles. The minimum Gasteiger partial charge on any atom is -0.345 e. The third-order valence-electron chi connectivity index (χ3n) is 3.04. The van der Waals surface area contributed by atoms with Crippen molar-refractivity contribution in [1.29, 1.82) is 0 Å². The zero-order chi connectivity index (χ0) is 12.6. The molecule has 2 unspecified atom stereocenters. The smallest absolute Gasteiger partial charge is 0.225 e. The molecule has 0 aliphatic heterocycles. The molecule has 2 atom stereocenters. The highest BCUT2D eigenvalue weighted by Gasteiger charge is 2.19. The Hall–Kier alpha value is -0.570. The summed E-state index contributed by atoms with van der Waals surface area (Å²) in [5.74, 6) is 0.495. The van der Waals surface area contributed by atoms with E-state index in [0.717, 1.165) is 38.6 Å². The lowest BCUT2D eigenvalue weighted by Crippen LogP contribution is -2.35. The van der Waals surface area contributed by atoms with E-state index in [0.29, 0.717) is 0 Å². The van der Waals surface area contributed by atoms with E-state index in [1.807, 2.05) is 18.9 Å². The Labute approximate surface area is 100 Å². The number of nitrogens with zero attached hydrogens (tertiary/aromatic N) is 1. The van der Waals surface area contributed by atoms with Crippen molar-refractivity contribution in [3.8, 4) is 0 Å². The van der Waals surface area contributed by atoms with Crippen LogP contribution in [0, 0.1) is 5.92 Å². The molecule has 2 N–H and O–H groups in total. The quantitative estimate of drug-likeness (QED) is 0.693. The van der Waals surface area contributed by atoms with Crippen molar-refractivity contribution in [1.82, 2.24) is 4.90 Å². The molecule has 16 heavy (non-hydrogen) atoms. The van der Waals surface area contributed by atoms with E-state index in [2.05, 4.69) is 13.8 Å². The van der Waals surface area contributed by atoms with E-state index in [1.165, 1.54) is 0 Å². The van der Waals surface area contributed by atoms with Crippen LogP contribution in [0.25, 0.3) is 0 Å². The molecule has 96 valence electrons. The second-order valence-corrected chi connectivity index (χ2v) is 4.77. The van der Waals surface area contributed by atoms with Gasteiger partial charge in [-0.05, 0) is 26.2 Å². The van der Waals surface area contributed by atoms with E-state index in [9.17, 15) is 4.79 Å². The van der Waals surface area contributed by atoms with Gasteiger partial charge in [0.15, 0.2) is 0 Å². The van der Waals surface area contributed by atoms with Gasteiger partial charge in [-0.25, -0.2) is 0 Å². The number of hydrogen-bond acceptors (Lipinski definition) is 2. The van der Waals surface area contributed by atoms with Crippen LogP contribution >= 0.6 is 0 Å². The van der Waals surface area contributed by atoms with Crippen molar-refractivity contribution in [2.75, 3.05) is 13.6 Å². The van der Waals surface area contributed by atoms with Gasteiger partial charge in [-0.2, -0.15) is 0 Å². The molecular formula is C13H28N2O. The average Bonchev–Trinajstić information content (AvgIpc) is 2.26. The lowest BCUT2D eigenvalue weighted by molar-refractivity contribution is -0.134. The first-order chi connectivity index (χ1) is 7.52. The topological polar surface area (TPSA) is 46.3 Å². The summed E-state index contributed by atoms with van der Waals surface area (Å²) in [6.07, 6.45) is 5.15. The molecule has 0 aromatic rings. The lowest BCUT2D eigenvalue weighted by Gasteiger charge is -2.23. The standard InChI is InChI=1S/C13H28N2O/c1-5-7-8-12(6-2)13(16)15(4)10-9-11(3)14/h11-12H,5-10,14H2,1-4H3. The Morgan fingerprint density at radius 3 is 2.38 bits per heavy atom. The molecule has 3 nitrogen and oxygen atoms in total. The molecular weight excluding hydrogens is 200 g/mol. The first kappa shape index (κ1) is 15.4. The molecule has 0 aromatic heterocycles. The van der Waals surface area contributed by atoms with Gasteiger partial charge in [0.2, 0.25) is 5.91 Å². The van der Waals surface area contributed by atoms with Crippen molar-refractivity contribution >= 4 is 5.91 Å². The maximum Gasteiger partial charge on any atom is 0.225 e. The van der Waals surface area contributed by atoms with Gasteiger partial charge >= 0.3 is 0 Å². The second-order valence-electron chi connectivity index (χ2n) is 4.77. The fourth-order valence-electron chi connectivity index (χ4n) is 1.77. The summed E-state index contributed by atoms with van der Waals surface area (Å²) in [7, 11) is 1.89. The van der Waals surface area contributed by atoms with Crippen LogP contribution in [-0.4, -0.2) is 30.4 Å². The van der Waals surface area contributed by atoms with Crippen molar-refractivity contribution in [2.24, 2.45) is 11.7 Å². The second kappa shape index (κ2) is 8.57. The van der Waals surface area contributed by atoms with Gasteiger partial charge < -0.3 is 10.6 Å². The van der Waals surface area contributed by atoms with Gasteiger partial charge in [-0.3, -0.25) is 4.79 Å². The fraction of sp³-hybridized carbons (Fsp3) is 0.923. The van der Waals surface area contributed by atoms with E-state index in [-0.39, 0.29) is 17.9 Å². The summed E-state index contributed by atoms with van der Waals surface area (Å²) >= 11 is 0. The molecule has 0 aliphatic carbocycles. The van der Waals surface area contributed by atoms with E-state index >= 15 is 0 Å². The molecule has 0 radical (unpaired) electrons. The third-order valence-corrected chi connectivity index (χ3v) is 3.04. The number of unbranched alkanes of at least 4 members (excludes halogenated alkanes) is 1.